The van der Waals surface area contributed by atoms with Crippen molar-refractivity contribution in [3.05, 3.63) is 34.5 Å². The SMILES string of the molecule is CC(C)=CC(=O)N1CCN(c2ncc(C(F)(F)F)cc2Cl)CC1. The summed E-state index contributed by atoms with van der Waals surface area (Å²) in [6, 6.07) is 0.880. The summed E-state index contributed by atoms with van der Waals surface area (Å²) in [5, 5.41) is -0.0381. The molecule has 23 heavy (non-hydrogen) atoms. The van der Waals surface area contributed by atoms with E-state index in [1.807, 2.05) is 13.8 Å². The zero-order chi connectivity index (χ0) is 17.2. The molecule has 1 amide bonds. The van der Waals surface area contributed by atoms with Gasteiger partial charge in [0.15, 0.2) is 0 Å². The average molecular weight is 348 g/mol. The van der Waals surface area contributed by atoms with Crippen molar-refractivity contribution < 1.29 is 18.0 Å². The molecule has 126 valence electrons. The number of nitrogens with zero attached hydrogens (tertiary/aromatic N) is 3. The van der Waals surface area contributed by atoms with Crippen LogP contribution in [0.15, 0.2) is 23.9 Å². The Morgan fingerprint density at radius 1 is 1.26 bits per heavy atom. The van der Waals surface area contributed by atoms with E-state index < -0.39 is 11.7 Å². The predicted molar refractivity (Wildman–Crippen MR) is 82.5 cm³/mol. The maximum Gasteiger partial charge on any atom is 0.417 e. The third-order valence-corrected chi connectivity index (χ3v) is 3.73. The van der Waals surface area contributed by atoms with Gasteiger partial charge >= 0.3 is 6.18 Å². The van der Waals surface area contributed by atoms with Crippen LogP contribution < -0.4 is 4.90 Å². The first-order chi connectivity index (χ1) is 10.7. The van der Waals surface area contributed by atoms with Crippen LogP contribution >= 0.6 is 11.6 Å². The Kier molecular flexibility index (Phi) is 5.19. The Labute approximate surface area is 137 Å². The van der Waals surface area contributed by atoms with Crippen LogP contribution in [-0.4, -0.2) is 42.0 Å². The number of aromatic nitrogens is 1. The Morgan fingerprint density at radius 3 is 2.35 bits per heavy atom. The second kappa shape index (κ2) is 6.78. The van der Waals surface area contributed by atoms with Crippen LogP contribution in [0, 0.1) is 0 Å². The molecule has 0 unspecified atom stereocenters. The van der Waals surface area contributed by atoms with E-state index in [0.717, 1.165) is 17.8 Å². The van der Waals surface area contributed by atoms with Crippen LogP contribution in [0.25, 0.3) is 0 Å². The highest BCUT2D eigenvalue weighted by atomic mass is 35.5. The van der Waals surface area contributed by atoms with Crippen LogP contribution in [-0.2, 0) is 11.0 Å². The molecule has 0 radical (unpaired) electrons. The quantitative estimate of drug-likeness (QED) is 0.770. The number of piperazine rings is 1. The van der Waals surface area contributed by atoms with Gasteiger partial charge in [-0.3, -0.25) is 4.79 Å². The lowest BCUT2D eigenvalue weighted by Crippen LogP contribution is -2.48. The molecule has 0 N–H and O–H groups in total. The number of alkyl halides is 3. The van der Waals surface area contributed by atoms with E-state index >= 15 is 0 Å². The van der Waals surface area contributed by atoms with E-state index in [0.29, 0.717) is 32.0 Å². The van der Waals surface area contributed by atoms with Crippen LogP contribution in [0.5, 0.6) is 0 Å². The Hall–Kier alpha value is -1.76. The topological polar surface area (TPSA) is 36.4 Å². The first-order valence-corrected chi connectivity index (χ1v) is 7.48. The summed E-state index contributed by atoms with van der Waals surface area (Å²) in [6.07, 6.45) is -2.12. The summed E-state index contributed by atoms with van der Waals surface area (Å²) < 4.78 is 37.9. The smallest absolute Gasteiger partial charge is 0.352 e. The molecule has 1 aromatic heterocycles. The Balaban J connectivity index is 2.06. The average Bonchev–Trinajstić information content (AvgIpc) is 2.45. The Bertz CT molecular complexity index is 619. The number of allylic oxidation sites excluding steroid dienone is 1. The first kappa shape index (κ1) is 17.6. The number of rotatable bonds is 2. The third-order valence-electron chi connectivity index (χ3n) is 3.45. The van der Waals surface area contributed by atoms with Gasteiger partial charge in [-0.05, 0) is 19.9 Å². The van der Waals surface area contributed by atoms with Crippen molar-refractivity contribution in [2.75, 3.05) is 31.1 Å². The summed E-state index contributed by atoms with van der Waals surface area (Å²) in [4.78, 5) is 19.3. The monoisotopic (exact) mass is 347 g/mol. The molecule has 1 aliphatic heterocycles. The van der Waals surface area contributed by atoms with Gasteiger partial charge in [0.2, 0.25) is 5.91 Å². The van der Waals surface area contributed by atoms with Crippen molar-refractivity contribution in [3.8, 4) is 0 Å². The van der Waals surface area contributed by atoms with E-state index in [-0.39, 0.29) is 10.9 Å². The summed E-state index contributed by atoms with van der Waals surface area (Å²) >= 11 is 5.94. The molecule has 0 atom stereocenters. The van der Waals surface area contributed by atoms with Crippen LogP contribution in [0.2, 0.25) is 5.02 Å². The van der Waals surface area contributed by atoms with Gasteiger partial charge in [0, 0.05) is 38.5 Å². The molecule has 1 aromatic rings. The number of hydrogen-bond acceptors (Lipinski definition) is 3. The number of carbonyl (C=O) groups is 1. The number of hydrogen-bond donors (Lipinski definition) is 0. The van der Waals surface area contributed by atoms with Gasteiger partial charge in [0.25, 0.3) is 0 Å². The van der Waals surface area contributed by atoms with Crippen molar-refractivity contribution in [2.45, 2.75) is 20.0 Å². The molecular formula is C15H17ClF3N3O. The lowest BCUT2D eigenvalue weighted by molar-refractivity contribution is -0.137. The molecule has 1 fully saturated rings. The first-order valence-electron chi connectivity index (χ1n) is 7.10. The number of amides is 1. The summed E-state index contributed by atoms with van der Waals surface area (Å²) in [7, 11) is 0. The third kappa shape index (κ3) is 4.37. The van der Waals surface area contributed by atoms with E-state index in [4.69, 9.17) is 11.6 Å². The molecule has 0 spiro atoms. The number of carbonyl (C=O) groups excluding carboxylic acids is 1. The number of pyridine rings is 1. The van der Waals surface area contributed by atoms with E-state index in [1.54, 1.807) is 15.9 Å². The molecule has 1 saturated heterocycles. The minimum atomic E-state index is -4.47. The predicted octanol–water partition coefficient (Wildman–Crippen LogP) is 3.37. The highest BCUT2D eigenvalue weighted by Crippen LogP contribution is 2.33. The van der Waals surface area contributed by atoms with E-state index in [1.165, 1.54) is 0 Å². The van der Waals surface area contributed by atoms with Gasteiger partial charge < -0.3 is 9.80 Å². The number of anilines is 1. The summed E-state index contributed by atoms with van der Waals surface area (Å²) in [5.41, 5.74) is 0.0495. The second-order valence-corrected chi connectivity index (χ2v) is 5.97. The molecule has 0 bridgehead atoms. The second-order valence-electron chi connectivity index (χ2n) is 5.56. The molecule has 8 heteroatoms. The standard InChI is InChI=1S/C15H17ClF3N3O/c1-10(2)7-13(23)21-3-5-22(6-4-21)14-12(16)8-11(9-20-14)15(17,18)19/h7-9H,3-6H2,1-2H3. The molecule has 0 aliphatic carbocycles. The molecular weight excluding hydrogens is 331 g/mol. The highest BCUT2D eigenvalue weighted by molar-refractivity contribution is 6.33. The van der Waals surface area contributed by atoms with Gasteiger partial charge in [-0.2, -0.15) is 13.2 Å². The highest BCUT2D eigenvalue weighted by Gasteiger charge is 2.32. The van der Waals surface area contributed by atoms with Crippen molar-refractivity contribution in [2.24, 2.45) is 0 Å². The van der Waals surface area contributed by atoms with Crippen molar-refractivity contribution >= 4 is 23.3 Å². The molecule has 2 heterocycles. The number of halogens is 4. The minimum Gasteiger partial charge on any atom is -0.352 e. The van der Waals surface area contributed by atoms with Gasteiger partial charge in [-0.15, -0.1) is 0 Å². The molecule has 0 aromatic carbocycles. The normalized spacial score (nSPS) is 15.6. The van der Waals surface area contributed by atoms with Gasteiger partial charge in [0.1, 0.15) is 5.82 Å². The summed E-state index contributed by atoms with van der Waals surface area (Å²) in [5.74, 6) is 0.255. The summed E-state index contributed by atoms with van der Waals surface area (Å²) in [6.45, 7) is 5.59. The van der Waals surface area contributed by atoms with Gasteiger partial charge in [0.05, 0.1) is 10.6 Å². The lowest BCUT2D eigenvalue weighted by atomic mass is 10.2. The zero-order valence-corrected chi connectivity index (χ0v) is 13.6. The van der Waals surface area contributed by atoms with Gasteiger partial charge in [-0.1, -0.05) is 17.2 Å². The van der Waals surface area contributed by atoms with Crippen LogP contribution in [0.4, 0.5) is 19.0 Å². The van der Waals surface area contributed by atoms with Crippen molar-refractivity contribution in [1.29, 1.82) is 0 Å². The fourth-order valence-electron chi connectivity index (χ4n) is 2.30. The van der Waals surface area contributed by atoms with E-state index in [9.17, 15) is 18.0 Å². The fourth-order valence-corrected chi connectivity index (χ4v) is 2.58. The van der Waals surface area contributed by atoms with Crippen molar-refractivity contribution in [1.82, 2.24) is 9.88 Å². The van der Waals surface area contributed by atoms with Crippen LogP contribution in [0.1, 0.15) is 19.4 Å². The van der Waals surface area contributed by atoms with Crippen molar-refractivity contribution in [3.63, 3.8) is 0 Å². The molecule has 0 saturated carbocycles. The Morgan fingerprint density at radius 2 is 1.87 bits per heavy atom. The lowest BCUT2D eigenvalue weighted by Gasteiger charge is -2.35. The minimum absolute atomic E-state index is 0.0381. The fraction of sp³-hybridized carbons (Fsp3) is 0.467. The van der Waals surface area contributed by atoms with Crippen LogP contribution in [0.3, 0.4) is 0 Å². The molecule has 1 aliphatic rings. The van der Waals surface area contributed by atoms with E-state index in [2.05, 4.69) is 4.98 Å². The molecule has 4 nitrogen and oxygen atoms in total. The van der Waals surface area contributed by atoms with Gasteiger partial charge in [-0.25, -0.2) is 4.98 Å². The maximum absolute atomic E-state index is 12.6. The maximum atomic E-state index is 12.6. The zero-order valence-electron chi connectivity index (χ0n) is 12.8. The largest absolute Gasteiger partial charge is 0.417 e. The molecule has 2 rings (SSSR count).